The number of hydrogen-bond acceptors (Lipinski definition) is 6. The van der Waals surface area contributed by atoms with Crippen molar-refractivity contribution in [2.75, 3.05) is 16.4 Å². The fourth-order valence-electron chi connectivity index (χ4n) is 4.28. The van der Waals surface area contributed by atoms with Crippen molar-refractivity contribution < 1.29 is 0 Å². The van der Waals surface area contributed by atoms with Crippen LogP contribution in [0.3, 0.4) is 0 Å². The summed E-state index contributed by atoms with van der Waals surface area (Å²) in [4.78, 5) is 0. The van der Waals surface area contributed by atoms with E-state index in [-0.39, 0.29) is 6.04 Å². The van der Waals surface area contributed by atoms with Gasteiger partial charge in [0.1, 0.15) is 6.04 Å². The Morgan fingerprint density at radius 2 is 1.94 bits per heavy atom. The molecule has 0 radical (unpaired) electrons. The van der Waals surface area contributed by atoms with Crippen molar-refractivity contribution >= 4 is 17.1 Å². The standard InChI is InChI=1S/C24H31N7/c1-3-17-10-12-18(13-11-17)23(27-19-14-15-22(26-4-2)21(25)16-19)24-28-29-30-31(24)20-8-6-5-7-9-20/h4,10-16,20,23,26-27H,2-3,5-9,25H2,1H3. The van der Waals surface area contributed by atoms with Gasteiger partial charge in [-0.25, -0.2) is 4.68 Å². The van der Waals surface area contributed by atoms with Crippen molar-refractivity contribution in [3.8, 4) is 0 Å². The van der Waals surface area contributed by atoms with E-state index in [2.05, 4.69) is 63.9 Å². The number of nitrogens with one attached hydrogen (secondary N) is 2. The van der Waals surface area contributed by atoms with E-state index in [1.807, 2.05) is 22.9 Å². The molecular formula is C24H31N7. The molecule has 1 aliphatic rings. The Hall–Kier alpha value is -3.35. The van der Waals surface area contributed by atoms with E-state index in [1.54, 1.807) is 6.20 Å². The predicted octanol–water partition coefficient (Wildman–Crippen LogP) is 5.08. The quantitative estimate of drug-likeness (QED) is 0.443. The van der Waals surface area contributed by atoms with Crippen LogP contribution in [0.4, 0.5) is 17.1 Å². The number of tetrazole rings is 1. The van der Waals surface area contributed by atoms with Crippen LogP contribution in [0.2, 0.25) is 0 Å². The Morgan fingerprint density at radius 3 is 2.61 bits per heavy atom. The van der Waals surface area contributed by atoms with E-state index in [0.717, 1.165) is 42.0 Å². The Bertz CT molecular complexity index is 1000. The van der Waals surface area contributed by atoms with Gasteiger partial charge in [0.15, 0.2) is 5.82 Å². The van der Waals surface area contributed by atoms with E-state index < -0.39 is 0 Å². The summed E-state index contributed by atoms with van der Waals surface area (Å²) in [6.45, 7) is 5.86. The molecule has 0 spiro atoms. The highest BCUT2D eigenvalue weighted by atomic mass is 15.6. The molecule has 4 N–H and O–H groups in total. The zero-order valence-corrected chi connectivity index (χ0v) is 18.1. The first kappa shape index (κ1) is 20.9. The van der Waals surface area contributed by atoms with Crippen molar-refractivity contribution in [3.05, 3.63) is 72.2 Å². The Balaban J connectivity index is 1.69. The topological polar surface area (TPSA) is 93.7 Å². The molecular weight excluding hydrogens is 386 g/mol. The molecule has 0 aliphatic heterocycles. The summed E-state index contributed by atoms with van der Waals surface area (Å²) in [6, 6.07) is 14.7. The predicted molar refractivity (Wildman–Crippen MR) is 126 cm³/mol. The van der Waals surface area contributed by atoms with E-state index in [0.29, 0.717) is 11.7 Å². The molecule has 31 heavy (non-hydrogen) atoms. The maximum absolute atomic E-state index is 6.23. The summed E-state index contributed by atoms with van der Waals surface area (Å²) in [5.74, 6) is 0.836. The normalized spacial score (nSPS) is 15.4. The molecule has 4 rings (SSSR count). The number of aryl methyl sites for hydroxylation is 1. The summed E-state index contributed by atoms with van der Waals surface area (Å²) in [6.07, 6.45) is 8.60. The zero-order valence-electron chi connectivity index (χ0n) is 18.1. The average Bonchev–Trinajstić information content (AvgIpc) is 3.30. The molecule has 1 unspecified atom stereocenters. The molecule has 7 nitrogen and oxygen atoms in total. The van der Waals surface area contributed by atoms with Crippen LogP contribution in [0.1, 0.15) is 68.1 Å². The van der Waals surface area contributed by atoms with E-state index in [4.69, 9.17) is 5.73 Å². The molecule has 162 valence electrons. The number of nitrogens with two attached hydrogens (primary N) is 1. The smallest absolute Gasteiger partial charge is 0.178 e. The monoisotopic (exact) mass is 417 g/mol. The van der Waals surface area contributed by atoms with Crippen molar-refractivity contribution in [1.29, 1.82) is 0 Å². The number of benzene rings is 2. The molecule has 1 heterocycles. The highest BCUT2D eigenvalue weighted by Crippen LogP contribution is 2.33. The molecule has 3 aromatic rings. The summed E-state index contributed by atoms with van der Waals surface area (Å²) in [5, 5.41) is 19.6. The average molecular weight is 418 g/mol. The molecule has 0 amide bonds. The van der Waals surface area contributed by atoms with Gasteiger partial charge in [-0.1, -0.05) is 57.0 Å². The van der Waals surface area contributed by atoms with E-state index in [9.17, 15) is 0 Å². The number of aromatic nitrogens is 4. The third-order valence-electron chi connectivity index (χ3n) is 6.04. The number of nitrogens with zero attached hydrogens (tertiary/aromatic N) is 4. The van der Waals surface area contributed by atoms with Crippen molar-refractivity contribution in [3.63, 3.8) is 0 Å². The van der Waals surface area contributed by atoms with Crippen LogP contribution >= 0.6 is 0 Å². The Morgan fingerprint density at radius 1 is 1.16 bits per heavy atom. The second-order valence-electron chi connectivity index (χ2n) is 8.10. The van der Waals surface area contributed by atoms with Gasteiger partial charge in [0.2, 0.25) is 0 Å². The molecule has 1 saturated carbocycles. The molecule has 7 heteroatoms. The molecule has 1 atom stereocenters. The lowest BCUT2D eigenvalue weighted by atomic mass is 9.95. The molecule has 0 saturated heterocycles. The van der Waals surface area contributed by atoms with Gasteiger partial charge in [-0.2, -0.15) is 0 Å². The molecule has 2 aromatic carbocycles. The van der Waals surface area contributed by atoms with Crippen LogP contribution in [0.5, 0.6) is 0 Å². The zero-order chi connectivity index (χ0) is 21.6. The lowest BCUT2D eigenvalue weighted by Crippen LogP contribution is -2.23. The Kier molecular flexibility index (Phi) is 6.50. The van der Waals surface area contributed by atoms with Gasteiger partial charge in [0.25, 0.3) is 0 Å². The summed E-state index contributed by atoms with van der Waals surface area (Å²) < 4.78 is 2.03. The minimum Gasteiger partial charge on any atom is -0.397 e. The second-order valence-corrected chi connectivity index (χ2v) is 8.10. The first-order valence-electron chi connectivity index (χ1n) is 11.1. The number of hydrogen-bond donors (Lipinski definition) is 3. The van der Waals surface area contributed by atoms with Gasteiger partial charge in [0.05, 0.1) is 17.4 Å². The Labute approximate surface area is 183 Å². The summed E-state index contributed by atoms with van der Waals surface area (Å²) in [5.41, 5.74) is 11.0. The third kappa shape index (κ3) is 4.71. The third-order valence-corrected chi connectivity index (χ3v) is 6.04. The molecule has 1 aromatic heterocycles. The largest absolute Gasteiger partial charge is 0.397 e. The molecule has 0 bridgehead atoms. The summed E-state index contributed by atoms with van der Waals surface area (Å²) in [7, 11) is 0. The van der Waals surface area contributed by atoms with Gasteiger partial charge in [-0.15, -0.1) is 5.10 Å². The van der Waals surface area contributed by atoms with Crippen molar-refractivity contribution in [2.24, 2.45) is 0 Å². The summed E-state index contributed by atoms with van der Waals surface area (Å²) >= 11 is 0. The molecule has 1 fully saturated rings. The SMILES string of the molecule is C=CNc1ccc(NC(c2ccc(CC)cc2)c2nnnn2C2CCCCC2)cc1N. The van der Waals surface area contributed by atoms with Gasteiger partial charge >= 0.3 is 0 Å². The van der Waals surface area contributed by atoms with Crippen LogP contribution in [-0.4, -0.2) is 20.2 Å². The van der Waals surface area contributed by atoms with Crippen LogP contribution < -0.4 is 16.4 Å². The number of nitrogen functional groups attached to an aromatic ring is 1. The fraction of sp³-hybridized carbons (Fsp3) is 0.375. The van der Waals surface area contributed by atoms with Crippen molar-refractivity contribution in [2.45, 2.75) is 57.5 Å². The first-order chi connectivity index (χ1) is 15.2. The second kappa shape index (κ2) is 9.64. The maximum Gasteiger partial charge on any atom is 0.178 e. The highest BCUT2D eigenvalue weighted by Gasteiger charge is 2.26. The van der Waals surface area contributed by atoms with E-state index in [1.165, 1.54) is 24.8 Å². The van der Waals surface area contributed by atoms with Crippen molar-refractivity contribution in [1.82, 2.24) is 20.2 Å². The first-order valence-corrected chi connectivity index (χ1v) is 11.1. The minimum atomic E-state index is -0.180. The minimum absolute atomic E-state index is 0.180. The fourth-order valence-corrected chi connectivity index (χ4v) is 4.28. The maximum atomic E-state index is 6.23. The highest BCUT2D eigenvalue weighted by molar-refractivity contribution is 5.72. The van der Waals surface area contributed by atoms with Crippen LogP contribution in [0, 0.1) is 0 Å². The van der Waals surface area contributed by atoms with E-state index >= 15 is 0 Å². The number of anilines is 3. The van der Waals surface area contributed by atoms with Crippen LogP contribution in [0.25, 0.3) is 0 Å². The van der Waals surface area contributed by atoms with Gasteiger partial charge in [0, 0.05) is 5.69 Å². The van der Waals surface area contributed by atoms with Crippen LogP contribution in [-0.2, 0) is 6.42 Å². The van der Waals surface area contributed by atoms with Crippen LogP contribution in [0.15, 0.2) is 55.2 Å². The number of rotatable bonds is 8. The lowest BCUT2D eigenvalue weighted by Gasteiger charge is -2.26. The van der Waals surface area contributed by atoms with Gasteiger partial charge < -0.3 is 16.4 Å². The van der Waals surface area contributed by atoms with Gasteiger partial charge in [-0.05, 0) is 65.2 Å². The molecule has 1 aliphatic carbocycles. The van der Waals surface area contributed by atoms with Gasteiger partial charge in [-0.3, -0.25) is 0 Å². The lowest BCUT2D eigenvalue weighted by molar-refractivity contribution is 0.315.